The monoisotopic (exact) mass is 750 g/mol. The summed E-state index contributed by atoms with van der Waals surface area (Å²) in [6.45, 7) is 0.356. The molecule has 0 radical (unpaired) electrons. The van der Waals surface area contributed by atoms with Gasteiger partial charge in [-0.05, 0) is 81.0 Å². The fourth-order valence-electron chi connectivity index (χ4n) is 2.65. The van der Waals surface area contributed by atoms with Crippen LogP contribution in [0.25, 0.3) is 0 Å². The van der Waals surface area contributed by atoms with Crippen molar-refractivity contribution in [3.63, 3.8) is 0 Å². The van der Waals surface area contributed by atoms with Crippen molar-refractivity contribution in [1.82, 2.24) is 20.4 Å². The Morgan fingerprint density at radius 3 is 2.26 bits per heavy atom. The van der Waals surface area contributed by atoms with Crippen LogP contribution in [0.2, 0.25) is 0 Å². The van der Waals surface area contributed by atoms with Crippen LogP contribution in [0.4, 0.5) is 10.3 Å². The summed E-state index contributed by atoms with van der Waals surface area (Å²) in [7, 11) is 0. The minimum atomic E-state index is 0.356. The van der Waals surface area contributed by atoms with Crippen LogP contribution in [0.15, 0.2) is 53.5 Å². The molecule has 0 saturated heterocycles. The molecule has 0 spiro atoms. The summed E-state index contributed by atoms with van der Waals surface area (Å²) < 4.78 is 13.4. The van der Waals surface area contributed by atoms with Gasteiger partial charge in [0.15, 0.2) is 13.1 Å². The van der Waals surface area contributed by atoms with Crippen molar-refractivity contribution < 1.29 is 9.47 Å². The summed E-state index contributed by atoms with van der Waals surface area (Å²) >= 11 is 9.38. The number of anilines is 1. The molecule has 35 heavy (non-hydrogen) atoms. The van der Waals surface area contributed by atoms with Crippen LogP contribution in [0.1, 0.15) is 10.0 Å². The van der Waals surface area contributed by atoms with Gasteiger partial charge >= 0.3 is 0 Å². The van der Waals surface area contributed by atoms with E-state index in [1.165, 1.54) is 17.7 Å². The number of hydrogen-bond donors (Lipinski definition) is 1. The molecule has 0 aliphatic rings. The van der Waals surface area contributed by atoms with Gasteiger partial charge in [0, 0.05) is 12.8 Å². The second-order valence-corrected chi connectivity index (χ2v) is 12.4. The van der Waals surface area contributed by atoms with Crippen LogP contribution < -0.4 is 14.8 Å². The molecule has 4 aromatic rings. The van der Waals surface area contributed by atoms with Gasteiger partial charge in [0.2, 0.25) is 10.3 Å². The molecule has 0 fully saturated rings. The Morgan fingerprint density at radius 1 is 0.857 bits per heavy atom. The summed E-state index contributed by atoms with van der Waals surface area (Å²) in [4.78, 5) is 4.25. The SMILES string of the molecule is Ic1ccccc1O/C=N\c1nnc(CCSCCc2nnc(NCOc3ccccc3I)s2)s1. The zero-order valence-corrected chi connectivity index (χ0v) is 25.0. The lowest BCUT2D eigenvalue weighted by Gasteiger charge is -2.07. The van der Waals surface area contributed by atoms with E-state index in [0.29, 0.717) is 11.9 Å². The van der Waals surface area contributed by atoms with Gasteiger partial charge in [-0.1, -0.05) is 46.9 Å². The van der Waals surface area contributed by atoms with Crippen LogP contribution in [-0.2, 0) is 12.8 Å². The largest absolute Gasteiger partial charge is 0.472 e. The Bertz CT molecular complexity index is 1250. The molecule has 182 valence electrons. The van der Waals surface area contributed by atoms with Gasteiger partial charge in [-0.2, -0.15) is 16.8 Å². The third kappa shape index (κ3) is 8.80. The molecular formula is C22H20I2N6O2S3. The van der Waals surface area contributed by atoms with Crippen LogP contribution in [0.3, 0.4) is 0 Å². The average molecular weight is 750 g/mol. The number of aliphatic imine (C=N–C) groups is 1. The lowest BCUT2D eigenvalue weighted by molar-refractivity contribution is 0.344. The Morgan fingerprint density at radius 2 is 1.51 bits per heavy atom. The topological polar surface area (TPSA) is 94.4 Å². The number of ether oxygens (including phenoxy) is 2. The van der Waals surface area contributed by atoms with Crippen LogP contribution in [-0.4, -0.2) is 45.0 Å². The van der Waals surface area contributed by atoms with E-state index >= 15 is 0 Å². The summed E-state index contributed by atoms with van der Waals surface area (Å²) in [6.07, 6.45) is 3.15. The first-order valence-electron chi connectivity index (χ1n) is 10.4. The summed E-state index contributed by atoms with van der Waals surface area (Å²) in [6, 6.07) is 15.7. The van der Waals surface area contributed by atoms with E-state index in [0.717, 1.165) is 58.1 Å². The Balaban J connectivity index is 1.10. The zero-order valence-electron chi connectivity index (χ0n) is 18.3. The van der Waals surface area contributed by atoms with Crippen molar-refractivity contribution >= 4 is 96.3 Å². The number of benzene rings is 2. The van der Waals surface area contributed by atoms with Crippen molar-refractivity contribution in [2.24, 2.45) is 4.99 Å². The zero-order chi connectivity index (χ0) is 24.3. The highest BCUT2D eigenvalue weighted by Crippen LogP contribution is 2.23. The van der Waals surface area contributed by atoms with E-state index in [9.17, 15) is 0 Å². The molecular weight excluding hydrogens is 730 g/mol. The van der Waals surface area contributed by atoms with Crippen molar-refractivity contribution in [2.75, 3.05) is 23.6 Å². The number of para-hydroxylation sites is 2. The molecule has 0 atom stereocenters. The van der Waals surface area contributed by atoms with Crippen molar-refractivity contribution in [1.29, 1.82) is 0 Å². The average Bonchev–Trinajstić information content (AvgIpc) is 3.51. The van der Waals surface area contributed by atoms with Crippen LogP contribution in [0, 0.1) is 7.14 Å². The second kappa shape index (κ2) is 14.2. The molecule has 2 aromatic heterocycles. The van der Waals surface area contributed by atoms with E-state index in [1.807, 2.05) is 60.3 Å². The molecule has 13 heteroatoms. The Labute approximate surface area is 242 Å². The second-order valence-electron chi connectivity index (χ2n) is 6.77. The van der Waals surface area contributed by atoms with Crippen LogP contribution >= 0.6 is 79.6 Å². The predicted molar refractivity (Wildman–Crippen MR) is 161 cm³/mol. The molecule has 0 aliphatic heterocycles. The number of aromatic nitrogens is 4. The number of aryl methyl sites for hydroxylation is 2. The van der Waals surface area contributed by atoms with Gasteiger partial charge in [-0.3, -0.25) is 0 Å². The van der Waals surface area contributed by atoms with E-state index in [2.05, 4.69) is 75.9 Å². The van der Waals surface area contributed by atoms with Gasteiger partial charge in [0.05, 0.1) is 7.14 Å². The Kier molecular flexibility index (Phi) is 10.8. The third-order valence-electron chi connectivity index (χ3n) is 4.31. The molecule has 0 unspecified atom stereocenters. The maximum atomic E-state index is 5.74. The fraction of sp³-hybridized carbons (Fsp3) is 0.227. The molecule has 2 heterocycles. The smallest absolute Gasteiger partial charge is 0.234 e. The van der Waals surface area contributed by atoms with Gasteiger partial charge in [-0.15, -0.1) is 20.4 Å². The van der Waals surface area contributed by atoms with Crippen LogP contribution in [0.5, 0.6) is 11.5 Å². The lowest BCUT2D eigenvalue weighted by Crippen LogP contribution is -2.09. The Hall–Kier alpha value is -1.56. The third-order valence-corrected chi connectivity index (χ3v) is 8.91. The first-order valence-corrected chi connectivity index (χ1v) is 15.4. The molecule has 0 saturated carbocycles. The predicted octanol–water partition coefficient (Wildman–Crippen LogP) is 6.30. The number of rotatable bonds is 13. The molecule has 4 rings (SSSR count). The number of nitrogens with one attached hydrogen (secondary N) is 1. The highest BCUT2D eigenvalue weighted by atomic mass is 127. The summed E-state index contributed by atoms with van der Waals surface area (Å²) in [5, 5.41) is 23.3. The summed E-state index contributed by atoms with van der Waals surface area (Å²) in [5.74, 6) is 3.56. The highest BCUT2D eigenvalue weighted by Gasteiger charge is 2.07. The maximum Gasteiger partial charge on any atom is 0.234 e. The number of thioether (sulfide) groups is 1. The first-order chi connectivity index (χ1) is 17.2. The van der Waals surface area contributed by atoms with E-state index in [1.54, 1.807) is 11.3 Å². The quantitative estimate of drug-likeness (QED) is 0.0560. The van der Waals surface area contributed by atoms with Crippen molar-refractivity contribution in [2.45, 2.75) is 12.8 Å². The fourth-order valence-corrected chi connectivity index (χ4v) is 6.24. The number of nitrogens with zero attached hydrogens (tertiary/aromatic N) is 5. The molecule has 8 nitrogen and oxygen atoms in total. The maximum absolute atomic E-state index is 5.74. The molecule has 0 bridgehead atoms. The van der Waals surface area contributed by atoms with Crippen molar-refractivity contribution in [3.05, 3.63) is 65.7 Å². The standard InChI is InChI=1S/C22H20I2N6O2S3/c23-15-5-1-3-7-17(15)31-13-25-21-29-27-19(34-21)9-11-33-12-10-20-28-30-22(35-20)26-14-32-18-8-4-2-6-16(18)24/h1-8,13H,9-12,14H2,(H,26,30)/b25-13-. The highest BCUT2D eigenvalue weighted by molar-refractivity contribution is 14.1. The molecule has 1 N–H and O–H groups in total. The van der Waals surface area contributed by atoms with Gasteiger partial charge < -0.3 is 14.8 Å². The molecule has 0 aliphatic carbocycles. The first kappa shape index (κ1) is 26.5. The lowest BCUT2D eigenvalue weighted by atomic mass is 10.3. The van der Waals surface area contributed by atoms with E-state index in [-0.39, 0.29) is 0 Å². The van der Waals surface area contributed by atoms with Crippen molar-refractivity contribution in [3.8, 4) is 11.5 Å². The molecule has 0 amide bonds. The van der Waals surface area contributed by atoms with Gasteiger partial charge in [0.1, 0.15) is 21.5 Å². The van der Waals surface area contributed by atoms with E-state index < -0.39 is 0 Å². The number of hydrogen-bond acceptors (Lipinski definition) is 11. The van der Waals surface area contributed by atoms with Gasteiger partial charge in [0.25, 0.3) is 0 Å². The van der Waals surface area contributed by atoms with Gasteiger partial charge in [-0.25, -0.2) is 0 Å². The minimum Gasteiger partial charge on any atom is -0.472 e. The normalized spacial score (nSPS) is 11.1. The number of halogens is 2. The summed E-state index contributed by atoms with van der Waals surface area (Å²) in [5.41, 5.74) is 0. The molecule has 2 aromatic carbocycles. The van der Waals surface area contributed by atoms with E-state index in [4.69, 9.17) is 9.47 Å². The minimum absolute atomic E-state index is 0.356.